The first kappa shape index (κ1) is 30.7. The van der Waals surface area contributed by atoms with E-state index in [1.807, 2.05) is 30.3 Å². The van der Waals surface area contributed by atoms with Crippen LogP contribution in [0, 0.1) is 5.82 Å². The van der Waals surface area contributed by atoms with E-state index in [1.54, 1.807) is 36.4 Å². The van der Waals surface area contributed by atoms with E-state index >= 15 is 0 Å². The van der Waals surface area contributed by atoms with Crippen LogP contribution in [0.4, 0.5) is 10.1 Å². The maximum atomic E-state index is 14.1. The molecular weight excluding hydrogens is 609 g/mol. The van der Waals surface area contributed by atoms with Gasteiger partial charge in [0.25, 0.3) is 0 Å². The van der Waals surface area contributed by atoms with Crippen LogP contribution in [0.2, 0.25) is 0 Å². The van der Waals surface area contributed by atoms with Gasteiger partial charge in [-0.3, -0.25) is 13.9 Å². The van der Waals surface area contributed by atoms with Gasteiger partial charge in [0.2, 0.25) is 21.8 Å². The lowest BCUT2D eigenvalue weighted by atomic mass is 9.94. The maximum Gasteiger partial charge on any atom is 0.244 e. The number of nitrogens with zero attached hydrogens (tertiary/aromatic N) is 2. The van der Waals surface area contributed by atoms with Crippen molar-refractivity contribution in [3.63, 3.8) is 0 Å². The Morgan fingerprint density at radius 3 is 2.20 bits per heavy atom. The minimum absolute atomic E-state index is 0.00224. The summed E-state index contributed by atoms with van der Waals surface area (Å²) in [6.07, 6.45) is 6.22. The third kappa shape index (κ3) is 8.63. The van der Waals surface area contributed by atoms with Gasteiger partial charge in [0.15, 0.2) is 0 Å². The predicted octanol–water partition coefficient (Wildman–Crippen LogP) is 5.44. The summed E-state index contributed by atoms with van der Waals surface area (Å²) in [5, 5.41) is 3.16. The summed E-state index contributed by atoms with van der Waals surface area (Å²) in [4.78, 5) is 29.5. The molecule has 4 rings (SSSR count). The highest BCUT2D eigenvalue weighted by Crippen LogP contribution is 2.28. The number of carbonyl (C=O) groups is 2. The summed E-state index contributed by atoms with van der Waals surface area (Å²) in [5.74, 6) is -1.25. The van der Waals surface area contributed by atoms with E-state index in [9.17, 15) is 22.4 Å². The molecule has 3 aromatic carbocycles. The Labute approximate surface area is 249 Å². The van der Waals surface area contributed by atoms with Gasteiger partial charge >= 0.3 is 0 Å². The Morgan fingerprint density at radius 2 is 1.56 bits per heavy atom. The lowest BCUT2D eigenvalue weighted by molar-refractivity contribution is -0.140. The van der Waals surface area contributed by atoms with E-state index < -0.39 is 34.3 Å². The van der Waals surface area contributed by atoms with Gasteiger partial charge in [-0.2, -0.15) is 0 Å². The summed E-state index contributed by atoms with van der Waals surface area (Å²) >= 11 is 3.40. The van der Waals surface area contributed by atoms with Crippen LogP contribution >= 0.6 is 15.9 Å². The molecule has 0 saturated heterocycles. The standard InChI is InChI=1S/C31H35BrFN3O4S/c1-41(39,40)36(28-15-9-8-14-27(28)32)22-30(37)35(21-24-16-18-25(33)19-17-24)29(20-23-10-4-2-5-11-23)31(38)34-26-12-6-3-7-13-26/h2,4-5,8-11,14-19,26,29H,3,6-7,12-13,20-22H2,1H3,(H,34,38)/t29-/m0/s1. The Balaban J connectivity index is 1.72. The van der Waals surface area contributed by atoms with Crippen molar-refractivity contribution in [1.82, 2.24) is 10.2 Å². The lowest BCUT2D eigenvalue weighted by Gasteiger charge is -2.35. The Morgan fingerprint density at radius 1 is 0.927 bits per heavy atom. The molecule has 0 radical (unpaired) electrons. The number of amides is 2. The number of para-hydroxylation sites is 1. The van der Waals surface area contributed by atoms with Gasteiger partial charge in [-0.1, -0.05) is 73.9 Å². The molecule has 1 aliphatic carbocycles. The number of carbonyl (C=O) groups excluding carboxylic acids is 2. The summed E-state index contributed by atoms with van der Waals surface area (Å²) in [6, 6.07) is 21.0. The molecule has 0 aromatic heterocycles. The quantitative estimate of drug-likeness (QED) is 0.301. The van der Waals surface area contributed by atoms with Gasteiger partial charge in [-0.05, 0) is 64.2 Å². The minimum atomic E-state index is -3.87. The molecule has 0 spiro atoms. The Kier molecular flexibility index (Phi) is 10.6. The molecule has 1 saturated carbocycles. The van der Waals surface area contributed by atoms with Gasteiger partial charge in [0.05, 0.1) is 11.9 Å². The molecular formula is C31H35BrFN3O4S. The van der Waals surface area contributed by atoms with E-state index in [1.165, 1.54) is 17.0 Å². The second kappa shape index (κ2) is 14.1. The van der Waals surface area contributed by atoms with Crippen molar-refractivity contribution in [3.8, 4) is 0 Å². The fourth-order valence-corrected chi connectivity index (χ4v) is 6.61. The molecule has 3 aromatic rings. The zero-order chi connectivity index (χ0) is 29.4. The van der Waals surface area contributed by atoms with Crippen LogP contribution in [-0.4, -0.2) is 50.0 Å². The first-order valence-electron chi connectivity index (χ1n) is 13.7. The SMILES string of the molecule is CS(=O)(=O)N(CC(=O)N(Cc1ccc(F)cc1)[C@@H](Cc1ccccc1)C(=O)NC1CCCCC1)c1ccccc1Br. The summed E-state index contributed by atoms with van der Waals surface area (Å²) in [6.45, 7) is -0.507. The molecule has 0 bridgehead atoms. The van der Waals surface area contributed by atoms with Crippen molar-refractivity contribution >= 4 is 43.5 Å². The molecule has 7 nitrogen and oxygen atoms in total. The first-order valence-corrected chi connectivity index (χ1v) is 16.4. The van der Waals surface area contributed by atoms with Crippen LogP contribution in [0.3, 0.4) is 0 Å². The fourth-order valence-electron chi connectivity index (χ4n) is 5.13. The number of anilines is 1. The number of benzene rings is 3. The highest BCUT2D eigenvalue weighted by atomic mass is 79.9. The van der Waals surface area contributed by atoms with Crippen molar-refractivity contribution in [2.24, 2.45) is 0 Å². The van der Waals surface area contributed by atoms with Gasteiger partial charge in [0.1, 0.15) is 18.4 Å². The second-order valence-corrected chi connectivity index (χ2v) is 13.2. The van der Waals surface area contributed by atoms with Gasteiger partial charge in [-0.25, -0.2) is 12.8 Å². The summed E-state index contributed by atoms with van der Waals surface area (Å²) < 4.78 is 41.1. The number of rotatable bonds is 11. The number of halogens is 2. The lowest BCUT2D eigenvalue weighted by Crippen LogP contribution is -2.55. The van der Waals surface area contributed by atoms with Crippen LogP contribution in [0.1, 0.15) is 43.2 Å². The summed E-state index contributed by atoms with van der Waals surface area (Å²) in [5.41, 5.74) is 1.80. The number of hydrogen-bond acceptors (Lipinski definition) is 4. The molecule has 1 fully saturated rings. The van der Waals surface area contributed by atoms with Crippen LogP contribution in [0.5, 0.6) is 0 Å². The summed E-state index contributed by atoms with van der Waals surface area (Å²) in [7, 11) is -3.87. The zero-order valence-corrected chi connectivity index (χ0v) is 25.4. The molecule has 0 unspecified atom stereocenters. The fraction of sp³-hybridized carbons (Fsp3) is 0.355. The van der Waals surface area contributed by atoms with Gasteiger partial charge in [0, 0.05) is 23.5 Å². The van der Waals surface area contributed by atoms with Gasteiger partial charge in [-0.15, -0.1) is 0 Å². The van der Waals surface area contributed by atoms with Crippen molar-refractivity contribution in [2.45, 2.75) is 57.2 Å². The van der Waals surface area contributed by atoms with Crippen molar-refractivity contribution in [2.75, 3.05) is 17.1 Å². The topological polar surface area (TPSA) is 86.8 Å². The van der Waals surface area contributed by atoms with E-state index in [0.717, 1.165) is 48.2 Å². The number of sulfonamides is 1. The molecule has 2 amide bonds. The molecule has 41 heavy (non-hydrogen) atoms. The van der Waals surface area contributed by atoms with E-state index in [0.29, 0.717) is 15.7 Å². The Hall–Kier alpha value is -3.24. The smallest absolute Gasteiger partial charge is 0.244 e. The van der Waals surface area contributed by atoms with Crippen LogP contribution in [0.25, 0.3) is 0 Å². The molecule has 1 aliphatic rings. The molecule has 0 heterocycles. The van der Waals surface area contributed by atoms with Gasteiger partial charge < -0.3 is 10.2 Å². The van der Waals surface area contributed by atoms with Crippen molar-refractivity contribution < 1.29 is 22.4 Å². The molecule has 1 N–H and O–H groups in total. The second-order valence-electron chi connectivity index (χ2n) is 10.4. The van der Waals surface area contributed by atoms with Crippen LogP contribution < -0.4 is 9.62 Å². The minimum Gasteiger partial charge on any atom is -0.352 e. The third-order valence-corrected chi connectivity index (χ3v) is 9.09. The normalized spacial score (nSPS) is 14.7. The van der Waals surface area contributed by atoms with E-state index in [-0.39, 0.29) is 24.9 Å². The van der Waals surface area contributed by atoms with E-state index in [2.05, 4.69) is 21.2 Å². The maximum absolute atomic E-state index is 14.1. The van der Waals surface area contributed by atoms with Crippen LogP contribution in [-0.2, 0) is 32.6 Å². The zero-order valence-electron chi connectivity index (χ0n) is 23.0. The van der Waals surface area contributed by atoms with Crippen LogP contribution in [0.15, 0.2) is 83.3 Å². The predicted molar refractivity (Wildman–Crippen MR) is 162 cm³/mol. The van der Waals surface area contributed by atoms with E-state index in [4.69, 9.17) is 0 Å². The first-order chi connectivity index (χ1) is 19.6. The van der Waals surface area contributed by atoms with Crippen molar-refractivity contribution in [1.29, 1.82) is 0 Å². The average molecular weight is 645 g/mol. The molecule has 10 heteroatoms. The molecule has 218 valence electrons. The third-order valence-electron chi connectivity index (χ3n) is 7.29. The number of hydrogen-bond donors (Lipinski definition) is 1. The highest BCUT2D eigenvalue weighted by molar-refractivity contribution is 9.10. The highest BCUT2D eigenvalue weighted by Gasteiger charge is 2.34. The van der Waals surface area contributed by atoms with Crippen molar-refractivity contribution in [3.05, 3.63) is 100 Å². The largest absolute Gasteiger partial charge is 0.352 e. The Bertz CT molecular complexity index is 1430. The average Bonchev–Trinajstić information content (AvgIpc) is 2.95. The number of nitrogens with one attached hydrogen (secondary N) is 1. The molecule has 0 aliphatic heterocycles. The molecule has 1 atom stereocenters. The monoisotopic (exact) mass is 643 g/mol.